The lowest BCUT2D eigenvalue weighted by molar-refractivity contribution is 0.872. The number of benzene rings is 1. The highest BCUT2D eigenvalue weighted by Crippen LogP contribution is 2.22. The maximum absolute atomic E-state index is 5.85. The number of hydrogen-bond acceptors (Lipinski definition) is 2. The van der Waals surface area contributed by atoms with E-state index < -0.39 is 0 Å². The second kappa shape index (κ2) is 6.07. The highest BCUT2D eigenvalue weighted by molar-refractivity contribution is 6.17. The summed E-state index contributed by atoms with van der Waals surface area (Å²) in [6.45, 7) is 4.94. The van der Waals surface area contributed by atoms with Crippen LogP contribution in [0.3, 0.4) is 0 Å². The standard InChI is InChI=1S/C16H19ClN2/c1-12-9-14(10-17)7-8-16(12)19(3)11-15-6-4-5-13(2)18-15/h4-9H,10-11H2,1-3H3. The van der Waals surface area contributed by atoms with Crippen LogP contribution in [0, 0.1) is 13.8 Å². The van der Waals surface area contributed by atoms with Gasteiger partial charge in [-0.25, -0.2) is 0 Å². The van der Waals surface area contributed by atoms with Crippen LogP contribution in [-0.4, -0.2) is 12.0 Å². The van der Waals surface area contributed by atoms with Crippen molar-refractivity contribution in [1.82, 2.24) is 4.98 Å². The summed E-state index contributed by atoms with van der Waals surface area (Å²) >= 11 is 5.85. The monoisotopic (exact) mass is 274 g/mol. The van der Waals surface area contributed by atoms with E-state index in [2.05, 4.69) is 54.2 Å². The van der Waals surface area contributed by atoms with E-state index in [1.165, 1.54) is 11.3 Å². The second-order valence-corrected chi connectivity index (χ2v) is 5.15. The van der Waals surface area contributed by atoms with Crippen molar-refractivity contribution in [1.29, 1.82) is 0 Å². The molecule has 0 aliphatic rings. The molecule has 0 radical (unpaired) electrons. The van der Waals surface area contributed by atoms with Gasteiger partial charge in [-0.2, -0.15) is 0 Å². The number of nitrogens with zero attached hydrogens (tertiary/aromatic N) is 2. The molecule has 19 heavy (non-hydrogen) atoms. The molecule has 0 fully saturated rings. The first-order valence-electron chi connectivity index (χ1n) is 6.39. The number of anilines is 1. The highest BCUT2D eigenvalue weighted by Gasteiger charge is 2.07. The minimum absolute atomic E-state index is 0.560. The summed E-state index contributed by atoms with van der Waals surface area (Å²) < 4.78 is 0. The van der Waals surface area contributed by atoms with Gasteiger partial charge in [0.25, 0.3) is 0 Å². The first-order chi connectivity index (χ1) is 9.10. The van der Waals surface area contributed by atoms with Crippen LogP contribution < -0.4 is 4.90 Å². The molecule has 0 N–H and O–H groups in total. The Morgan fingerprint density at radius 1 is 1.16 bits per heavy atom. The molecule has 1 aromatic heterocycles. The topological polar surface area (TPSA) is 16.1 Å². The molecule has 0 aliphatic carbocycles. The fourth-order valence-electron chi connectivity index (χ4n) is 2.24. The van der Waals surface area contributed by atoms with E-state index in [-0.39, 0.29) is 0 Å². The van der Waals surface area contributed by atoms with E-state index in [1.807, 2.05) is 13.0 Å². The van der Waals surface area contributed by atoms with E-state index in [9.17, 15) is 0 Å². The molecule has 0 aliphatic heterocycles. The third-order valence-electron chi connectivity index (χ3n) is 3.17. The van der Waals surface area contributed by atoms with Crippen molar-refractivity contribution in [3.8, 4) is 0 Å². The van der Waals surface area contributed by atoms with E-state index in [0.717, 1.165) is 23.5 Å². The zero-order valence-electron chi connectivity index (χ0n) is 11.7. The van der Waals surface area contributed by atoms with Gasteiger partial charge in [0, 0.05) is 24.3 Å². The van der Waals surface area contributed by atoms with Crippen molar-refractivity contribution in [3.63, 3.8) is 0 Å². The summed E-state index contributed by atoms with van der Waals surface area (Å²) in [5.41, 5.74) is 5.76. The third kappa shape index (κ3) is 3.48. The zero-order chi connectivity index (χ0) is 13.8. The average molecular weight is 275 g/mol. The third-order valence-corrected chi connectivity index (χ3v) is 3.48. The van der Waals surface area contributed by atoms with Gasteiger partial charge >= 0.3 is 0 Å². The Bertz CT molecular complexity index is 566. The quantitative estimate of drug-likeness (QED) is 0.781. The summed E-state index contributed by atoms with van der Waals surface area (Å²) in [7, 11) is 2.09. The molecule has 0 saturated carbocycles. The van der Waals surface area contributed by atoms with Crippen molar-refractivity contribution < 1.29 is 0 Å². The molecule has 0 spiro atoms. The summed E-state index contributed by atoms with van der Waals surface area (Å²) in [6.07, 6.45) is 0. The molecule has 1 heterocycles. The number of halogens is 1. The Hall–Kier alpha value is -1.54. The predicted octanol–water partition coefficient (Wildman–Crippen LogP) is 4.07. The van der Waals surface area contributed by atoms with Gasteiger partial charge in [0.15, 0.2) is 0 Å². The van der Waals surface area contributed by atoms with Crippen LogP contribution in [0.25, 0.3) is 0 Å². The molecule has 2 nitrogen and oxygen atoms in total. The molecular formula is C16H19ClN2. The molecule has 1 aromatic carbocycles. The summed E-state index contributed by atoms with van der Waals surface area (Å²) in [5, 5.41) is 0. The molecule has 0 bridgehead atoms. The van der Waals surface area contributed by atoms with Crippen molar-refractivity contribution in [2.45, 2.75) is 26.3 Å². The Kier molecular flexibility index (Phi) is 4.43. The van der Waals surface area contributed by atoms with Gasteiger partial charge in [0.1, 0.15) is 0 Å². The maximum atomic E-state index is 5.85. The van der Waals surface area contributed by atoms with Crippen LogP contribution in [0.15, 0.2) is 36.4 Å². The normalized spacial score (nSPS) is 10.5. The first kappa shape index (κ1) is 13.9. The van der Waals surface area contributed by atoms with Crippen LogP contribution in [-0.2, 0) is 12.4 Å². The smallest absolute Gasteiger partial charge is 0.0600 e. The summed E-state index contributed by atoms with van der Waals surface area (Å²) in [4.78, 5) is 6.76. The largest absolute Gasteiger partial charge is 0.368 e. The van der Waals surface area contributed by atoms with Crippen LogP contribution >= 0.6 is 11.6 Å². The Morgan fingerprint density at radius 3 is 2.58 bits per heavy atom. The maximum Gasteiger partial charge on any atom is 0.0600 e. The molecule has 0 amide bonds. The fourth-order valence-corrected chi connectivity index (χ4v) is 2.41. The SMILES string of the molecule is Cc1cccc(CN(C)c2ccc(CCl)cc2C)n1. The summed E-state index contributed by atoms with van der Waals surface area (Å²) in [5.74, 6) is 0.560. The van der Waals surface area contributed by atoms with Crippen molar-refractivity contribution in [3.05, 3.63) is 58.9 Å². The van der Waals surface area contributed by atoms with E-state index in [0.29, 0.717) is 5.88 Å². The molecule has 100 valence electrons. The van der Waals surface area contributed by atoms with E-state index in [4.69, 9.17) is 11.6 Å². The number of hydrogen-bond donors (Lipinski definition) is 0. The van der Waals surface area contributed by atoms with E-state index >= 15 is 0 Å². The number of alkyl halides is 1. The zero-order valence-corrected chi connectivity index (χ0v) is 12.4. The molecule has 3 heteroatoms. The molecular weight excluding hydrogens is 256 g/mol. The van der Waals surface area contributed by atoms with Crippen LogP contribution in [0.2, 0.25) is 0 Å². The minimum Gasteiger partial charge on any atom is -0.368 e. The second-order valence-electron chi connectivity index (χ2n) is 4.88. The lowest BCUT2D eigenvalue weighted by atomic mass is 10.1. The summed E-state index contributed by atoms with van der Waals surface area (Å²) in [6, 6.07) is 12.5. The minimum atomic E-state index is 0.560. The van der Waals surface area contributed by atoms with Gasteiger partial charge in [-0.05, 0) is 43.2 Å². The average Bonchev–Trinajstić information content (AvgIpc) is 2.38. The highest BCUT2D eigenvalue weighted by atomic mass is 35.5. The molecule has 0 atom stereocenters. The van der Waals surface area contributed by atoms with Crippen molar-refractivity contribution in [2.75, 3.05) is 11.9 Å². The van der Waals surface area contributed by atoms with Gasteiger partial charge in [-0.15, -0.1) is 11.6 Å². The molecule has 0 saturated heterocycles. The molecule has 2 aromatic rings. The lowest BCUT2D eigenvalue weighted by Gasteiger charge is -2.21. The van der Waals surface area contributed by atoms with E-state index in [1.54, 1.807) is 0 Å². The fraction of sp³-hybridized carbons (Fsp3) is 0.312. The Balaban J connectivity index is 2.18. The van der Waals surface area contributed by atoms with Crippen molar-refractivity contribution in [2.24, 2.45) is 0 Å². The van der Waals surface area contributed by atoms with Gasteiger partial charge in [-0.3, -0.25) is 4.98 Å². The number of pyridine rings is 1. The van der Waals surface area contributed by atoms with Gasteiger partial charge in [-0.1, -0.05) is 18.2 Å². The lowest BCUT2D eigenvalue weighted by Crippen LogP contribution is -2.18. The number of rotatable bonds is 4. The van der Waals surface area contributed by atoms with Gasteiger partial charge in [0.05, 0.1) is 12.2 Å². The Labute approximate surface area is 120 Å². The number of aromatic nitrogens is 1. The van der Waals surface area contributed by atoms with Gasteiger partial charge < -0.3 is 4.90 Å². The predicted molar refractivity (Wildman–Crippen MR) is 81.8 cm³/mol. The Morgan fingerprint density at radius 2 is 1.95 bits per heavy atom. The van der Waals surface area contributed by atoms with Crippen LogP contribution in [0.4, 0.5) is 5.69 Å². The van der Waals surface area contributed by atoms with Crippen LogP contribution in [0.1, 0.15) is 22.5 Å². The molecule has 0 unspecified atom stereocenters. The number of aryl methyl sites for hydroxylation is 2. The van der Waals surface area contributed by atoms with Crippen LogP contribution in [0.5, 0.6) is 0 Å². The first-order valence-corrected chi connectivity index (χ1v) is 6.93. The van der Waals surface area contributed by atoms with Crippen molar-refractivity contribution >= 4 is 17.3 Å². The molecule has 2 rings (SSSR count). The van der Waals surface area contributed by atoms with Gasteiger partial charge in [0.2, 0.25) is 0 Å².